The number of benzene rings is 1. The van der Waals surface area contributed by atoms with Crippen molar-refractivity contribution in [1.82, 2.24) is 25.2 Å². The molecule has 0 amide bonds. The molecule has 0 atom stereocenters. The number of nitrogens with zero attached hydrogens (tertiary/aromatic N) is 3. The molecule has 23 heavy (non-hydrogen) atoms. The van der Waals surface area contributed by atoms with Crippen molar-refractivity contribution < 1.29 is 0 Å². The lowest BCUT2D eigenvalue weighted by Crippen LogP contribution is -2.34. The van der Waals surface area contributed by atoms with E-state index in [9.17, 15) is 0 Å². The van der Waals surface area contributed by atoms with Crippen molar-refractivity contribution in [1.29, 1.82) is 0 Å². The van der Waals surface area contributed by atoms with Crippen molar-refractivity contribution >= 4 is 28.9 Å². The van der Waals surface area contributed by atoms with Crippen LogP contribution in [-0.2, 0) is 13.1 Å². The Morgan fingerprint density at radius 1 is 1.04 bits per heavy atom. The van der Waals surface area contributed by atoms with Gasteiger partial charge in [0.05, 0.1) is 0 Å². The van der Waals surface area contributed by atoms with Crippen molar-refractivity contribution in [3.05, 3.63) is 65.3 Å². The van der Waals surface area contributed by atoms with Crippen LogP contribution in [0.4, 0.5) is 0 Å². The van der Waals surface area contributed by atoms with Crippen LogP contribution in [0.25, 0.3) is 11.3 Å². The smallest absolute Gasteiger partial charge is 0.166 e. The maximum absolute atomic E-state index is 5.28. The molecule has 3 rings (SSSR count). The molecule has 0 radical (unpaired) electrons. The lowest BCUT2D eigenvalue weighted by atomic mass is 10.1. The van der Waals surface area contributed by atoms with E-state index < -0.39 is 0 Å². The van der Waals surface area contributed by atoms with Crippen LogP contribution < -0.4 is 10.6 Å². The predicted molar refractivity (Wildman–Crippen MR) is 95.9 cm³/mol. The molecule has 0 aliphatic carbocycles. The molecule has 0 unspecified atom stereocenters. The minimum atomic E-state index is 0.627. The van der Waals surface area contributed by atoms with Gasteiger partial charge in [-0.05, 0) is 40.9 Å². The van der Waals surface area contributed by atoms with Gasteiger partial charge in [0.1, 0.15) is 5.69 Å². The maximum atomic E-state index is 5.28. The summed E-state index contributed by atoms with van der Waals surface area (Å²) in [6.45, 7) is 1.34. The van der Waals surface area contributed by atoms with E-state index in [1.165, 1.54) is 11.5 Å². The summed E-state index contributed by atoms with van der Waals surface area (Å²) in [5.41, 5.74) is 4.23. The number of hydrogen-bond donors (Lipinski definition) is 2. The second-order valence-corrected chi connectivity index (χ2v) is 5.90. The lowest BCUT2D eigenvalue weighted by molar-refractivity contribution is 0.830. The Kier molecular flexibility index (Phi) is 5.23. The van der Waals surface area contributed by atoms with Gasteiger partial charge in [-0.25, -0.2) is 0 Å². The molecule has 0 saturated heterocycles. The molecular weight excluding hydrogens is 326 g/mol. The standard InChI is InChI=1S/C16H15N5S2/c22-16(19-10-13-2-1-7-17-8-13)18-9-12-3-5-14(6-4-12)15-11-23-21-20-15/h1-8,11H,9-10H2,(H2,18,19,22). The third kappa shape index (κ3) is 4.54. The Balaban J connectivity index is 1.47. The molecule has 0 fully saturated rings. The van der Waals surface area contributed by atoms with Gasteiger partial charge in [-0.15, -0.1) is 5.10 Å². The average molecular weight is 341 g/mol. The van der Waals surface area contributed by atoms with Crippen LogP contribution in [0.5, 0.6) is 0 Å². The Morgan fingerprint density at radius 2 is 1.83 bits per heavy atom. The quantitative estimate of drug-likeness (QED) is 0.696. The van der Waals surface area contributed by atoms with Crippen LogP contribution in [-0.4, -0.2) is 19.7 Å². The van der Waals surface area contributed by atoms with Crippen LogP contribution in [0.2, 0.25) is 0 Å². The zero-order valence-electron chi connectivity index (χ0n) is 12.3. The fourth-order valence-electron chi connectivity index (χ4n) is 2.01. The molecule has 2 heterocycles. The SMILES string of the molecule is S=C(NCc1ccc(-c2csnn2)cc1)NCc1cccnc1. The topological polar surface area (TPSA) is 62.7 Å². The van der Waals surface area contributed by atoms with E-state index in [-0.39, 0.29) is 0 Å². The summed E-state index contributed by atoms with van der Waals surface area (Å²) in [5.74, 6) is 0. The average Bonchev–Trinajstić information content (AvgIpc) is 3.14. The van der Waals surface area contributed by atoms with Gasteiger partial charge in [-0.3, -0.25) is 4.98 Å². The normalized spacial score (nSPS) is 10.3. The fourth-order valence-corrected chi connectivity index (χ4v) is 2.62. The van der Waals surface area contributed by atoms with Crippen LogP contribution in [0.15, 0.2) is 54.2 Å². The number of thiocarbonyl (C=S) groups is 1. The summed E-state index contributed by atoms with van der Waals surface area (Å²) in [7, 11) is 0. The Morgan fingerprint density at radius 3 is 2.48 bits per heavy atom. The molecule has 2 N–H and O–H groups in total. The molecule has 0 aliphatic rings. The molecule has 116 valence electrons. The third-order valence-corrected chi connectivity index (χ3v) is 4.03. The van der Waals surface area contributed by atoms with Crippen molar-refractivity contribution in [2.24, 2.45) is 0 Å². The molecule has 0 bridgehead atoms. The summed E-state index contributed by atoms with van der Waals surface area (Å²) in [6.07, 6.45) is 3.58. The first-order chi connectivity index (χ1) is 11.3. The van der Waals surface area contributed by atoms with Gasteiger partial charge in [0.15, 0.2) is 5.11 Å². The highest BCUT2D eigenvalue weighted by molar-refractivity contribution is 7.80. The largest absolute Gasteiger partial charge is 0.359 e. The highest BCUT2D eigenvalue weighted by atomic mass is 32.1. The van der Waals surface area contributed by atoms with Crippen molar-refractivity contribution in [2.45, 2.75) is 13.1 Å². The number of nitrogens with one attached hydrogen (secondary N) is 2. The second-order valence-electron chi connectivity index (χ2n) is 4.88. The zero-order chi connectivity index (χ0) is 15.9. The summed E-state index contributed by atoms with van der Waals surface area (Å²) >= 11 is 6.64. The van der Waals surface area contributed by atoms with Crippen molar-refractivity contribution in [3.63, 3.8) is 0 Å². The molecular formula is C16H15N5S2. The summed E-state index contributed by atoms with van der Waals surface area (Å²) < 4.78 is 3.88. The Bertz CT molecular complexity index is 742. The van der Waals surface area contributed by atoms with Gasteiger partial charge >= 0.3 is 0 Å². The molecule has 3 aromatic rings. The summed E-state index contributed by atoms with van der Waals surface area (Å²) in [4.78, 5) is 4.07. The lowest BCUT2D eigenvalue weighted by Gasteiger charge is -2.10. The molecule has 0 spiro atoms. The Hall–Kier alpha value is -2.38. The highest BCUT2D eigenvalue weighted by Gasteiger charge is 2.02. The van der Waals surface area contributed by atoms with Gasteiger partial charge in [-0.2, -0.15) is 0 Å². The molecule has 2 aromatic heterocycles. The van der Waals surface area contributed by atoms with Crippen molar-refractivity contribution in [3.8, 4) is 11.3 Å². The first-order valence-corrected chi connectivity index (χ1v) is 8.33. The minimum Gasteiger partial charge on any atom is -0.359 e. The van der Waals surface area contributed by atoms with Crippen LogP contribution in [0.1, 0.15) is 11.1 Å². The minimum absolute atomic E-state index is 0.627. The van der Waals surface area contributed by atoms with Gasteiger partial charge in [0.2, 0.25) is 0 Å². The monoisotopic (exact) mass is 341 g/mol. The number of hydrogen-bond acceptors (Lipinski definition) is 5. The summed E-state index contributed by atoms with van der Waals surface area (Å²) in [5, 5.41) is 13.0. The second kappa shape index (κ2) is 7.75. The predicted octanol–water partition coefficient (Wildman–Crippen LogP) is 2.76. The molecule has 7 heteroatoms. The van der Waals surface area contributed by atoms with Gasteiger partial charge in [-0.1, -0.05) is 34.8 Å². The van der Waals surface area contributed by atoms with Gasteiger partial charge < -0.3 is 10.6 Å². The van der Waals surface area contributed by atoms with Gasteiger partial charge in [0, 0.05) is 36.4 Å². The molecule has 0 saturated carbocycles. The fraction of sp³-hybridized carbons (Fsp3) is 0.125. The van der Waals surface area contributed by atoms with E-state index in [4.69, 9.17) is 12.2 Å². The van der Waals surface area contributed by atoms with Crippen LogP contribution in [0.3, 0.4) is 0 Å². The van der Waals surface area contributed by atoms with E-state index in [0.29, 0.717) is 18.2 Å². The maximum Gasteiger partial charge on any atom is 0.166 e. The zero-order valence-corrected chi connectivity index (χ0v) is 13.9. The highest BCUT2D eigenvalue weighted by Crippen LogP contribution is 2.17. The van der Waals surface area contributed by atoms with Crippen LogP contribution in [0, 0.1) is 0 Å². The van der Waals surface area contributed by atoms with Crippen molar-refractivity contribution in [2.75, 3.05) is 0 Å². The van der Waals surface area contributed by atoms with E-state index >= 15 is 0 Å². The Labute approximate surface area is 144 Å². The first-order valence-electron chi connectivity index (χ1n) is 7.08. The number of aromatic nitrogens is 3. The summed E-state index contributed by atoms with van der Waals surface area (Å²) in [6, 6.07) is 12.1. The number of rotatable bonds is 5. The molecule has 0 aliphatic heterocycles. The van der Waals surface area contributed by atoms with E-state index in [0.717, 1.165) is 22.4 Å². The number of pyridine rings is 1. The van der Waals surface area contributed by atoms with E-state index in [1.807, 2.05) is 35.8 Å². The molecule has 1 aromatic carbocycles. The first kappa shape index (κ1) is 15.5. The molecule has 5 nitrogen and oxygen atoms in total. The third-order valence-electron chi connectivity index (χ3n) is 3.24. The van der Waals surface area contributed by atoms with E-state index in [2.05, 4.69) is 37.3 Å². The van der Waals surface area contributed by atoms with Gasteiger partial charge in [0.25, 0.3) is 0 Å². The van der Waals surface area contributed by atoms with Crippen LogP contribution >= 0.6 is 23.8 Å². The van der Waals surface area contributed by atoms with E-state index in [1.54, 1.807) is 6.20 Å².